The summed E-state index contributed by atoms with van der Waals surface area (Å²) < 4.78 is 4.69. The Morgan fingerprint density at radius 1 is 1.19 bits per heavy atom. The second kappa shape index (κ2) is 8.19. The fraction of sp³-hybridized carbons (Fsp3) is 0.316. The topological polar surface area (TPSA) is 71.5 Å². The number of anilines is 1. The highest BCUT2D eigenvalue weighted by molar-refractivity contribution is 6.32. The number of amides is 1. The van der Waals surface area contributed by atoms with Crippen molar-refractivity contribution in [3.05, 3.63) is 58.7 Å². The first-order valence-electron chi connectivity index (χ1n) is 8.43. The maximum Gasteiger partial charge on any atom is 0.337 e. The molecule has 6 nitrogen and oxygen atoms in total. The van der Waals surface area contributed by atoms with Crippen LogP contribution in [-0.4, -0.2) is 43.1 Å². The molecule has 7 heteroatoms. The predicted molar refractivity (Wildman–Crippen MR) is 99.7 cm³/mol. The molecule has 0 spiro atoms. The van der Waals surface area contributed by atoms with Gasteiger partial charge in [0.1, 0.15) is 5.82 Å². The number of nitrogens with one attached hydrogen (secondary N) is 1. The zero-order valence-electron chi connectivity index (χ0n) is 14.4. The van der Waals surface area contributed by atoms with Crippen LogP contribution < -0.4 is 10.2 Å². The fourth-order valence-corrected chi connectivity index (χ4v) is 3.26. The number of rotatable bonds is 4. The molecule has 0 atom stereocenters. The van der Waals surface area contributed by atoms with Crippen LogP contribution in [0.4, 0.5) is 5.82 Å². The molecule has 1 aliphatic rings. The van der Waals surface area contributed by atoms with Crippen molar-refractivity contribution in [2.24, 2.45) is 0 Å². The first-order chi connectivity index (χ1) is 12.6. The van der Waals surface area contributed by atoms with E-state index in [0.717, 1.165) is 31.7 Å². The van der Waals surface area contributed by atoms with E-state index in [0.29, 0.717) is 16.1 Å². The van der Waals surface area contributed by atoms with Crippen molar-refractivity contribution in [2.45, 2.75) is 18.9 Å². The van der Waals surface area contributed by atoms with E-state index < -0.39 is 5.97 Å². The molecule has 26 heavy (non-hydrogen) atoms. The van der Waals surface area contributed by atoms with E-state index in [2.05, 4.69) is 15.2 Å². The number of methoxy groups -OCH3 is 1. The summed E-state index contributed by atoms with van der Waals surface area (Å²) >= 11 is 6.20. The second-order valence-corrected chi connectivity index (χ2v) is 6.52. The van der Waals surface area contributed by atoms with E-state index in [1.807, 2.05) is 6.07 Å². The van der Waals surface area contributed by atoms with Gasteiger partial charge in [-0.2, -0.15) is 0 Å². The van der Waals surface area contributed by atoms with Crippen molar-refractivity contribution >= 4 is 29.3 Å². The van der Waals surface area contributed by atoms with Gasteiger partial charge in [-0.1, -0.05) is 17.7 Å². The summed E-state index contributed by atoms with van der Waals surface area (Å²) in [4.78, 5) is 30.5. The third kappa shape index (κ3) is 4.14. The molecule has 0 saturated carbocycles. The van der Waals surface area contributed by atoms with Crippen molar-refractivity contribution in [3.8, 4) is 0 Å². The molecule has 136 valence electrons. The van der Waals surface area contributed by atoms with E-state index in [-0.39, 0.29) is 11.9 Å². The minimum atomic E-state index is -0.458. The Morgan fingerprint density at radius 2 is 1.92 bits per heavy atom. The van der Waals surface area contributed by atoms with Gasteiger partial charge in [0.25, 0.3) is 5.91 Å². The summed E-state index contributed by atoms with van der Waals surface area (Å²) in [6.07, 6.45) is 3.33. The highest BCUT2D eigenvalue weighted by Gasteiger charge is 2.23. The van der Waals surface area contributed by atoms with Gasteiger partial charge >= 0.3 is 5.97 Å². The number of hydrogen-bond donors (Lipinski definition) is 1. The zero-order chi connectivity index (χ0) is 18.5. The van der Waals surface area contributed by atoms with Gasteiger partial charge in [0, 0.05) is 30.9 Å². The average Bonchev–Trinajstić information content (AvgIpc) is 2.68. The van der Waals surface area contributed by atoms with E-state index >= 15 is 0 Å². The predicted octanol–water partition coefficient (Wildman–Crippen LogP) is 2.92. The Morgan fingerprint density at radius 3 is 2.62 bits per heavy atom. The van der Waals surface area contributed by atoms with Gasteiger partial charge in [0.15, 0.2) is 0 Å². The third-order valence-corrected chi connectivity index (χ3v) is 4.71. The van der Waals surface area contributed by atoms with Crippen LogP contribution in [0.25, 0.3) is 0 Å². The lowest BCUT2D eigenvalue weighted by molar-refractivity contribution is 0.0600. The molecule has 0 unspecified atom stereocenters. The molecule has 1 N–H and O–H groups in total. The summed E-state index contributed by atoms with van der Waals surface area (Å²) in [5.41, 5.74) is 0.808. The third-order valence-electron chi connectivity index (χ3n) is 4.41. The minimum Gasteiger partial charge on any atom is -0.465 e. The first kappa shape index (κ1) is 18.2. The number of ether oxygens (including phenoxy) is 1. The SMILES string of the molecule is COC(=O)c1cccc(C(=O)NC2CCN(c3ncccc3Cl)CC2)c1. The smallest absolute Gasteiger partial charge is 0.337 e. The molecular formula is C19H20ClN3O3. The molecule has 3 rings (SSSR count). The molecule has 1 aromatic heterocycles. The molecule has 1 aliphatic heterocycles. The molecule has 1 saturated heterocycles. The Balaban J connectivity index is 1.59. The monoisotopic (exact) mass is 373 g/mol. The lowest BCUT2D eigenvalue weighted by atomic mass is 10.0. The number of esters is 1. The summed E-state index contributed by atoms with van der Waals surface area (Å²) in [5.74, 6) is 0.134. The number of pyridine rings is 1. The van der Waals surface area contributed by atoms with E-state index in [4.69, 9.17) is 16.3 Å². The van der Waals surface area contributed by atoms with Gasteiger partial charge in [-0.15, -0.1) is 0 Å². The maximum absolute atomic E-state index is 12.5. The molecule has 0 radical (unpaired) electrons. The van der Waals surface area contributed by atoms with Gasteiger partial charge in [0.05, 0.1) is 17.7 Å². The van der Waals surface area contributed by atoms with Crippen molar-refractivity contribution in [2.75, 3.05) is 25.1 Å². The maximum atomic E-state index is 12.5. The highest BCUT2D eigenvalue weighted by Crippen LogP contribution is 2.25. The molecule has 0 bridgehead atoms. The fourth-order valence-electron chi connectivity index (χ4n) is 3.02. The zero-order valence-corrected chi connectivity index (χ0v) is 15.2. The first-order valence-corrected chi connectivity index (χ1v) is 8.81. The number of aromatic nitrogens is 1. The second-order valence-electron chi connectivity index (χ2n) is 6.12. The van der Waals surface area contributed by atoms with Crippen molar-refractivity contribution in [1.82, 2.24) is 10.3 Å². The van der Waals surface area contributed by atoms with Crippen molar-refractivity contribution in [3.63, 3.8) is 0 Å². The number of carbonyl (C=O) groups is 2. The largest absolute Gasteiger partial charge is 0.465 e. The molecule has 1 fully saturated rings. The van der Waals surface area contributed by atoms with Crippen molar-refractivity contribution in [1.29, 1.82) is 0 Å². The van der Waals surface area contributed by atoms with Crippen molar-refractivity contribution < 1.29 is 14.3 Å². The van der Waals surface area contributed by atoms with Crippen LogP contribution in [0, 0.1) is 0 Å². The number of nitrogens with zero attached hydrogens (tertiary/aromatic N) is 2. The molecule has 1 aromatic carbocycles. The molecule has 2 aromatic rings. The van der Waals surface area contributed by atoms with Gasteiger partial charge < -0.3 is 15.0 Å². The number of piperidine rings is 1. The summed E-state index contributed by atoms with van der Waals surface area (Å²) in [5, 5.41) is 3.67. The van der Waals surface area contributed by atoms with Gasteiger partial charge in [-0.3, -0.25) is 4.79 Å². The van der Waals surface area contributed by atoms with Crippen LogP contribution in [0.2, 0.25) is 5.02 Å². The quantitative estimate of drug-likeness (QED) is 0.834. The Bertz CT molecular complexity index is 804. The Kier molecular flexibility index (Phi) is 5.73. The van der Waals surface area contributed by atoms with E-state index in [1.54, 1.807) is 36.5 Å². The number of carbonyl (C=O) groups excluding carboxylic acids is 2. The number of hydrogen-bond acceptors (Lipinski definition) is 5. The van der Waals surface area contributed by atoms with Crippen LogP contribution in [0.1, 0.15) is 33.6 Å². The van der Waals surface area contributed by atoms with Gasteiger partial charge in [-0.05, 0) is 43.2 Å². The Hall–Kier alpha value is -2.60. The summed E-state index contributed by atoms with van der Waals surface area (Å²) in [6.45, 7) is 1.54. The molecule has 0 aliphatic carbocycles. The van der Waals surface area contributed by atoms with Gasteiger partial charge in [0.2, 0.25) is 0 Å². The van der Waals surface area contributed by atoms with Crippen LogP contribution in [0.5, 0.6) is 0 Å². The summed E-state index contributed by atoms with van der Waals surface area (Å²) in [6, 6.07) is 10.2. The summed E-state index contributed by atoms with van der Waals surface area (Å²) in [7, 11) is 1.32. The standard InChI is InChI=1S/C19H20ClN3O3/c1-26-19(25)14-5-2-4-13(12-14)18(24)22-15-7-10-23(11-8-15)17-16(20)6-3-9-21-17/h2-6,9,12,15H,7-8,10-11H2,1H3,(H,22,24). The molecule has 1 amide bonds. The van der Waals surface area contributed by atoms with Crippen LogP contribution in [0.15, 0.2) is 42.6 Å². The highest BCUT2D eigenvalue weighted by atomic mass is 35.5. The van der Waals surface area contributed by atoms with Gasteiger partial charge in [-0.25, -0.2) is 9.78 Å². The van der Waals surface area contributed by atoms with E-state index in [1.165, 1.54) is 7.11 Å². The Labute approximate surface area is 157 Å². The number of benzene rings is 1. The van der Waals surface area contributed by atoms with E-state index in [9.17, 15) is 9.59 Å². The lowest BCUT2D eigenvalue weighted by Crippen LogP contribution is -2.45. The lowest BCUT2D eigenvalue weighted by Gasteiger charge is -2.33. The minimum absolute atomic E-state index is 0.0722. The van der Waals surface area contributed by atoms with Crippen LogP contribution in [-0.2, 0) is 4.74 Å². The van der Waals surface area contributed by atoms with Crippen LogP contribution in [0.3, 0.4) is 0 Å². The van der Waals surface area contributed by atoms with Crippen LogP contribution >= 0.6 is 11.6 Å². The molecular weight excluding hydrogens is 354 g/mol. The number of halogens is 1. The normalized spacial score (nSPS) is 14.8. The average molecular weight is 374 g/mol. The molecule has 2 heterocycles.